The zero-order valence-corrected chi connectivity index (χ0v) is 16.1. The highest BCUT2D eigenvalue weighted by molar-refractivity contribution is 5.79. The summed E-state index contributed by atoms with van der Waals surface area (Å²) in [7, 11) is 0. The predicted octanol–water partition coefficient (Wildman–Crippen LogP) is 3.70. The fourth-order valence-electron chi connectivity index (χ4n) is 3.30. The Hall–Kier alpha value is -2.37. The highest BCUT2D eigenvalue weighted by atomic mass is 16.5. The molecule has 1 atom stereocenters. The molecule has 0 aliphatic heterocycles. The lowest BCUT2D eigenvalue weighted by Gasteiger charge is -2.24. The number of aliphatic hydroxyl groups excluding tert-OH is 1. The highest BCUT2D eigenvalue weighted by Gasteiger charge is 2.29. The molecule has 1 aliphatic rings. The van der Waals surface area contributed by atoms with E-state index in [1.165, 1.54) is 22.3 Å². The Kier molecular flexibility index (Phi) is 5.82. The van der Waals surface area contributed by atoms with Gasteiger partial charge in [-0.15, -0.1) is 0 Å². The number of amides is 1. The first kappa shape index (κ1) is 19.4. The number of hydrogen-bond donors (Lipinski definition) is 2. The van der Waals surface area contributed by atoms with Gasteiger partial charge in [0.1, 0.15) is 6.61 Å². The first-order chi connectivity index (χ1) is 12.9. The summed E-state index contributed by atoms with van der Waals surface area (Å²) in [6, 6.07) is 15.9. The Morgan fingerprint density at radius 3 is 2.15 bits per heavy atom. The first-order valence-electron chi connectivity index (χ1n) is 9.25. The molecular weight excluding hydrogens is 342 g/mol. The number of alkyl carbamates (subject to hydrolysis) is 1. The van der Waals surface area contributed by atoms with Crippen LogP contribution in [0.1, 0.15) is 37.8 Å². The van der Waals surface area contributed by atoms with E-state index in [0.29, 0.717) is 0 Å². The van der Waals surface area contributed by atoms with Gasteiger partial charge in [0.15, 0.2) is 0 Å². The van der Waals surface area contributed by atoms with Gasteiger partial charge in [-0.25, -0.2) is 4.79 Å². The van der Waals surface area contributed by atoms with Crippen molar-refractivity contribution in [3.8, 4) is 11.1 Å². The summed E-state index contributed by atoms with van der Waals surface area (Å²) in [5.41, 5.74) is 4.38. The SMILES string of the molecule is CC(C)(C)OC[C@@H](CO)NC(=O)OCC1c2ccccc2-c2ccccc21. The second-order valence-electron chi connectivity index (χ2n) is 7.77. The largest absolute Gasteiger partial charge is 0.449 e. The lowest BCUT2D eigenvalue weighted by atomic mass is 9.98. The van der Waals surface area contributed by atoms with Crippen LogP contribution in [0.15, 0.2) is 48.5 Å². The molecule has 0 bridgehead atoms. The fourth-order valence-corrected chi connectivity index (χ4v) is 3.30. The molecule has 144 valence electrons. The van der Waals surface area contributed by atoms with E-state index in [1.807, 2.05) is 45.0 Å². The zero-order chi connectivity index (χ0) is 19.4. The minimum absolute atomic E-state index is 0.0153. The van der Waals surface area contributed by atoms with Crippen molar-refractivity contribution in [2.45, 2.75) is 38.3 Å². The standard InChI is InChI=1S/C22H27NO4/c1-22(2,3)27-13-15(12-24)23-21(25)26-14-20-18-10-6-4-8-16(18)17-9-5-7-11-19(17)20/h4-11,15,20,24H,12-14H2,1-3H3,(H,23,25)/t15-/m1/s1. The minimum atomic E-state index is -0.548. The number of nitrogens with one attached hydrogen (secondary N) is 1. The van der Waals surface area contributed by atoms with Crippen molar-refractivity contribution >= 4 is 6.09 Å². The maximum Gasteiger partial charge on any atom is 0.407 e. The fraction of sp³-hybridized carbons (Fsp3) is 0.409. The number of ether oxygens (including phenoxy) is 2. The van der Waals surface area contributed by atoms with Gasteiger partial charge in [0, 0.05) is 5.92 Å². The molecule has 1 aliphatic carbocycles. The van der Waals surface area contributed by atoms with Crippen molar-refractivity contribution in [1.29, 1.82) is 0 Å². The van der Waals surface area contributed by atoms with Gasteiger partial charge in [0.2, 0.25) is 0 Å². The second kappa shape index (κ2) is 8.11. The van der Waals surface area contributed by atoms with E-state index >= 15 is 0 Å². The van der Waals surface area contributed by atoms with E-state index in [0.717, 1.165) is 0 Å². The van der Waals surface area contributed by atoms with Gasteiger partial charge in [0.25, 0.3) is 0 Å². The average molecular weight is 369 g/mol. The van der Waals surface area contributed by atoms with Gasteiger partial charge in [-0.1, -0.05) is 48.5 Å². The van der Waals surface area contributed by atoms with Gasteiger partial charge in [0.05, 0.1) is 24.9 Å². The van der Waals surface area contributed by atoms with E-state index in [1.54, 1.807) is 0 Å². The Bertz CT molecular complexity index is 751. The lowest BCUT2D eigenvalue weighted by Crippen LogP contribution is -2.43. The molecule has 0 spiro atoms. The summed E-state index contributed by atoms with van der Waals surface area (Å²) in [6.45, 7) is 6.04. The number of carbonyl (C=O) groups is 1. The topological polar surface area (TPSA) is 67.8 Å². The second-order valence-corrected chi connectivity index (χ2v) is 7.77. The summed E-state index contributed by atoms with van der Waals surface area (Å²) in [4.78, 5) is 12.2. The molecule has 0 heterocycles. The third kappa shape index (κ3) is 4.67. The van der Waals surface area contributed by atoms with Crippen LogP contribution >= 0.6 is 0 Å². The first-order valence-corrected chi connectivity index (χ1v) is 9.25. The van der Waals surface area contributed by atoms with Crippen LogP contribution in [0.3, 0.4) is 0 Å². The summed E-state index contributed by atoms with van der Waals surface area (Å²) in [5, 5.41) is 12.1. The van der Waals surface area contributed by atoms with Crippen LogP contribution in [0.4, 0.5) is 4.79 Å². The summed E-state index contributed by atoms with van der Waals surface area (Å²) >= 11 is 0. The summed E-state index contributed by atoms with van der Waals surface area (Å²) in [5.74, 6) is 0.0153. The Balaban J connectivity index is 1.62. The Morgan fingerprint density at radius 2 is 1.63 bits per heavy atom. The van der Waals surface area contributed by atoms with Crippen molar-refractivity contribution in [2.24, 2.45) is 0 Å². The predicted molar refractivity (Wildman–Crippen MR) is 105 cm³/mol. The summed E-state index contributed by atoms with van der Waals surface area (Å²) < 4.78 is 11.1. The Labute approximate surface area is 160 Å². The van der Waals surface area contributed by atoms with Gasteiger partial charge < -0.3 is 19.9 Å². The van der Waals surface area contributed by atoms with E-state index < -0.39 is 12.1 Å². The minimum Gasteiger partial charge on any atom is -0.449 e. The van der Waals surface area contributed by atoms with Gasteiger partial charge in [-0.3, -0.25) is 0 Å². The van der Waals surface area contributed by atoms with Crippen LogP contribution < -0.4 is 5.32 Å². The molecular formula is C22H27NO4. The molecule has 5 nitrogen and oxygen atoms in total. The highest BCUT2D eigenvalue weighted by Crippen LogP contribution is 2.44. The van der Waals surface area contributed by atoms with Crippen LogP contribution in [-0.4, -0.2) is 42.7 Å². The maximum absolute atomic E-state index is 12.2. The number of aliphatic hydroxyl groups is 1. The smallest absolute Gasteiger partial charge is 0.407 e. The molecule has 0 fully saturated rings. The molecule has 0 aromatic heterocycles. The van der Waals surface area contributed by atoms with Gasteiger partial charge >= 0.3 is 6.09 Å². The number of carbonyl (C=O) groups excluding carboxylic acids is 1. The zero-order valence-electron chi connectivity index (χ0n) is 16.1. The third-order valence-corrected chi connectivity index (χ3v) is 4.60. The monoisotopic (exact) mass is 369 g/mol. The van der Waals surface area contributed by atoms with Crippen LogP contribution in [0.5, 0.6) is 0 Å². The number of benzene rings is 2. The molecule has 0 radical (unpaired) electrons. The molecule has 2 N–H and O–H groups in total. The maximum atomic E-state index is 12.2. The number of hydrogen-bond acceptors (Lipinski definition) is 4. The van der Waals surface area contributed by atoms with E-state index in [-0.39, 0.29) is 31.3 Å². The molecule has 2 aromatic carbocycles. The lowest BCUT2D eigenvalue weighted by molar-refractivity contribution is -0.0213. The van der Waals surface area contributed by atoms with E-state index in [9.17, 15) is 9.90 Å². The van der Waals surface area contributed by atoms with Crippen LogP contribution in [0, 0.1) is 0 Å². The van der Waals surface area contributed by atoms with Gasteiger partial charge in [-0.2, -0.15) is 0 Å². The van der Waals surface area contributed by atoms with Crippen molar-refractivity contribution in [3.05, 3.63) is 59.7 Å². The number of rotatable bonds is 6. The van der Waals surface area contributed by atoms with Crippen molar-refractivity contribution in [2.75, 3.05) is 19.8 Å². The quantitative estimate of drug-likeness (QED) is 0.815. The van der Waals surface area contributed by atoms with Crippen molar-refractivity contribution in [1.82, 2.24) is 5.32 Å². The van der Waals surface area contributed by atoms with Gasteiger partial charge in [-0.05, 0) is 43.0 Å². The molecule has 1 amide bonds. The van der Waals surface area contributed by atoms with Crippen molar-refractivity contribution < 1.29 is 19.4 Å². The van der Waals surface area contributed by atoms with Crippen LogP contribution in [-0.2, 0) is 9.47 Å². The average Bonchev–Trinajstić information content (AvgIpc) is 2.97. The van der Waals surface area contributed by atoms with Crippen LogP contribution in [0.25, 0.3) is 11.1 Å². The Morgan fingerprint density at radius 1 is 1.07 bits per heavy atom. The molecule has 2 aromatic rings. The molecule has 5 heteroatoms. The van der Waals surface area contributed by atoms with E-state index in [4.69, 9.17) is 9.47 Å². The molecule has 0 unspecified atom stereocenters. The normalized spacial score (nSPS) is 14.4. The molecule has 0 saturated heterocycles. The molecule has 3 rings (SSSR count). The van der Waals surface area contributed by atoms with Crippen LogP contribution in [0.2, 0.25) is 0 Å². The van der Waals surface area contributed by atoms with E-state index in [2.05, 4.69) is 29.6 Å². The van der Waals surface area contributed by atoms with Crippen molar-refractivity contribution in [3.63, 3.8) is 0 Å². The third-order valence-electron chi connectivity index (χ3n) is 4.60. The molecule has 0 saturated carbocycles. The summed E-state index contributed by atoms with van der Waals surface area (Å²) in [6.07, 6.45) is -0.548. The molecule has 27 heavy (non-hydrogen) atoms. The number of fused-ring (bicyclic) bond motifs is 3.